The molecule has 386 valence electrons. The number of rotatable bonds is 8. The van der Waals surface area contributed by atoms with Crippen molar-refractivity contribution in [2.24, 2.45) is 52.3 Å². The zero-order chi connectivity index (χ0) is 50.8. The Kier molecular flexibility index (Phi) is 16.8. The number of ether oxygens (including phenoxy) is 1. The number of aliphatic hydroxyl groups is 3. The first kappa shape index (κ1) is 53.6. The van der Waals surface area contributed by atoms with Crippen LogP contribution in [0, 0.1) is 70.0 Å². The highest BCUT2D eigenvalue weighted by Gasteiger charge is 2.64. The van der Waals surface area contributed by atoms with E-state index >= 15 is 0 Å². The van der Waals surface area contributed by atoms with E-state index in [0.29, 0.717) is 76.5 Å². The second-order valence-corrected chi connectivity index (χ2v) is 23.9. The molecule has 1 aromatic rings. The topological polar surface area (TPSA) is 195 Å². The number of nitrogen functional groups attached to an aromatic ring is 1. The fourth-order valence-corrected chi connectivity index (χ4v) is 15.4. The average Bonchev–Trinajstić information content (AvgIpc) is 3.82. The highest BCUT2D eigenvalue weighted by atomic mass is 16.6. The van der Waals surface area contributed by atoms with E-state index in [0.717, 1.165) is 101 Å². The minimum atomic E-state index is -0.729. The molecular weight excluding hydrogens is 879 g/mol. The molecule has 1 aromatic heterocycles. The van der Waals surface area contributed by atoms with Gasteiger partial charge in [0.15, 0.2) is 11.4 Å². The first-order chi connectivity index (χ1) is 33.1. The standard InChI is InChI=1S/C27H44O3.C22H28O3.C9H15N5O/c1-18(8-6-14-26(3,4)30)23-12-13-24-20(9-7-15-27(23,24)5)10-11-21-16-22(28)17-25(29)19(21)2;1-4-22(25-14(2)23)12-10-20-19-7-5-15-13-16(24)6-8-17(15)18(19)9-11-21(20,22)3;10-7-6-8(12-9(11)14(7)15)13-4-2-1-3-5-13/h10-11,18,22-25,28-30H,2,6-9,12-17H2,1,3-5H3;1,13,17-20H,5-12H2,2-3H3;6,11,15H,1-5,10H2/b20-10+,21-11-;;/t18-,22-,23-,24+,25+,27-;17-,18+,19+,20-,21-,22-;/m10./s1. The molecule has 0 aromatic carbocycles. The van der Waals surface area contributed by atoms with Gasteiger partial charge in [0.25, 0.3) is 5.62 Å². The third-order valence-electron chi connectivity index (χ3n) is 19.0. The number of hydrogen-bond acceptors (Lipinski definition) is 11. The van der Waals surface area contributed by atoms with E-state index in [9.17, 15) is 30.1 Å². The summed E-state index contributed by atoms with van der Waals surface area (Å²) < 4.78 is 6.37. The lowest BCUT2D eigenvalue weighted by Gasteiger charge is -2.55. The van der Waals surface area contributed by atoms with Gasteiger partial charge in [0, 0.05) is 44.3 Å². The molecule has 0 unspecified atom stereocenters. The summed E-state index contributed by atoms with van der Waals surface area (Å²) in [5.41, 5.74) is 9.06. The number of piperidine rings is 1. The monoisotopic (exact) mass is 966 g/mol. The Bertz CT molecular complexity index is 2280. The maximum Gasteiger partial charge on any atom is 0.304 e. The Morgan fingerprint density at radius 1 is 1.04 bits per heavy atom. The Balaban J connectivity index is 0.000000163. The van der Waals surface area contributed by atoms with Gasteiger partial charge in [0.1, 0.15) is 11.6 Å². The summed E-state index contributed by atoms with van der Waals surface area (Å²) >= 11 is 0. The number of anilines is 2. The van der Waals surface area contributed by atoms with Crippen LogP contribution in [0.25, 0.3) is 0 Å². The van der Waals surface area contributed by atoms with E-state index in [1.165, 1.54) is 57.4 Å². The fourth-order valence-electron chi connectivity index (χ4n) is 15.4. The van der Waals surface area contributed by atoms with Crippen LogP contribution in [0.15, 0.2) is 53.2 Å². The molecule has 7 N–H and O–H groups in total. The second-order valence-electron chi connectivity index (χ2n) is 23.9. The molecule has 12 nitrogen and oxygen atoms in total. The van der Waals surface area contributed by atoms with Crippen LogP contribution >= 0.6 is 0 Å². The first-order valence-corrected chi connectivity index (χ1v) is 27.1. The normalized spacial score (nSPS) is 36.5. The van der Waals surface area contributed by atoms with Gasteiger partial charge in [-0.25, -0.2) is 0 Å². The van der Waals surface area contributed by atoms with Crippen molar-refractivity contribution in [1.82, 2.24) is 9.71 Å². The number of nitrogens with two attached hydrogens (primary N) is 1. The number of fused-ring (bicyclic) bond motifs is 6. The number of allylic oxidation sites excluding steroid dienone is 4. The van der Waals surface area contributed by atoms with Crippen molar-refractivity contribution in [2.75, 3.05) is 23.7 Å². The van der Waals surface area contributed by atoms with Gasteiger partial charge in [-0.2, -0.15) is 4.98 Å². The molecule has 6 saturated carbocycles. The number of ketones is 1. The van der Waals surface area contributed by atoms with E-state index in [1.807, 2.05) is 19.9 Å². The predicted octanol–water partition coefficient (Wildman–Crippen LogP) is 9.94. The summed E-state index contributed by atoms with van der Waals surface area (Å²) in [4.78, 5) is 29.6. The number of aromatic nitrogens is 2. The lowest BCUT2D eigenvalue weighted by Crippen LogP contribution is -2.53. The maximum absolute atomic E-state index is 11.8. The third kappa shape index (κ3) is 11.4. The summed E-state index contributed by atoms with van der Waals surface area (Å²) in [5.74, 6) is 8.35. The van der Waals surface area contributed by atoms with Crippen LogP contribution in [-0.2, 0) is 14.3 Å². The van der Waals surface area contributed by atoms with Crippen LogP contribution in [0.4, 0.5) is 11.6 Å². The van der Waals surface area contributed by atoms with Crippen LogP contribution in [0.3, 0.4) is 0 Å². The molecule has 0 bridgehead atoms. The average molecular weight is 966 g/mol. The third-order valence-corrected chi connectivity index (χ3v) is 19.0. The van der Waals surface area contributed by atoms with Gasteiger partial charge in [0.2, 0.25) is 0 Å². The van der Waals surface area contributed by atoms with Gasteiger partial charge in [-0.15, -0.1) is 11.2 Å². The Labute approximate surface area is 418 Å². The van der Waals surface area contributed by atoms with Crippen LogP contribution in [0.5, 0.6) is 0 Å². The Hall–Kier alpha value is -4.18. The van der Waals surface area contributed by atoms with Crippen LogP contribution in [0.2, 0.25) is 0 Å². The summed E-state index contributed by atoms with van der Waals surface area (Å²) in [6, 6.07) is 1.60. The molecule has 70 heavy (non-hydrogen) atoms. The number of carbonyl (C=O) groups excluding carboxylic acids is 2. The number of aliphatic hydroxyl groups excluding tert-OH is 2. The van der Waals surface area contributed by atoms with E-state index < -0.39 is 23.4 Å². The minimum Gasteiger partial charge on any atom is -0.445 e. The van der Waals surface area contributed by atoms with Gasteiger partial charge in [0.05, 0.1) is 17.8 Å². The van der Waals surface area contributed by atoms with Crippen molar-refractivity contribution in [3.05, 3.63) is 58.8 Å². The van der Waals surface area contributed by atoms with E-state index in [2.05, 4.69) is 55.3 Å². The van der Waals surface area contributed by atoms with Crippen LogP contribution in [0.1, 0.15) is 176 Å². The second kappa shape index (κ2) is 21.9. The SMILES string of the molecule is C#C[C@]1(OC(C)=O)CC[C@H]2[C@@H]3CCC4=CC(=O)CC[C@@H]4[C@H]3CC[C@@]21C.C=C1/C(=C\C=C2/CCC[C@]3(C)[C@@H]([C@H](C)CCCC(C)(C)O)CC[C@@H]23)C[C@@H](O)C[C@@H]1O.N=c1nc(N2CCCCC2)cc(N)n1O. The van der Waals surface area contributed by atoms with Gasteiger partial charge >= 0.3 is 5.97 Å². The summed E-state index contributed by atoms with van der Waals surface area (Å²) in [6.45, 7) is 18.5. The van der Waals surface area contributed by atoms with Crippen molar-refractivity contribution < 1.29 is 34.9 Å². The molecule has 0 spiro atoms. The predicted molar refractivity (Wildman–Crippen MR) is 275 cm³/mol. The number of hydrogen-bond donors (Lipinski definition) is 6. The summed E-state index contributed by atoms with van der Waals surface area (Å²) in [6.07, 6.45) is 33.2. The molecule has 9 rings (SSSR count). The number of carbonyl (C=O) groups is 2. The van der Waals surface area contributed by atoms with E-state index in [-0.39, 0.29) is 22.8 Å². The first-order valence-electron chi connectivity index (χ1n) is 27.1. The quantitative estimate of drug-likeness (QED) is 0.0829. The van der Waals surface area contributed by atoms with Crippen molar-refractivity contribution in [3.63, 3.8) is 0 Å². The zero-order valence-corrected chi connectivity index (χ0v) is 43.5. The molecule has 0 radical (unpaired) electrons. The molecule has 2 heterocycles. The number of esters is 1. The van der Waals surface area contributed by atoms with E-state index in [1.54, 1.807) is 11.6 Å². The van der Waals surface area contributed by atoms with Gasteiger partial charge < -0.3 is 35.9 Å². The number of nitrogens with zero attached hydrogens (tertiary/aromatic N) is 3. The molecule has 7 fully saturated rings. The fraction of sp³-hybridized carbons (Fsp3) is 0.724. The van der Waals surface area contributed by atoms with Crippen LogP contribution in [-0.4, -0.2) is 78.5 Å². The molecule has 1 aliphatic heterocycles. The van der Waals surface area contributed by atoms with E-state index in [4.69, 9.17) is 22.3 Å². The zero-order valence-electron chi connectivity index (χ0n) is 43.5. The Morgan fingerprint density at radius 2 is 1.79 bits per heavy atom. The van der Waals surface area contributed by atoms with Gasteiger partial charge in [-0.3, -0.25) is 15.0 Å². The molecule has 8 aliphatic rings. The highest BCUT2D eigenvalue weighted by molar-refractivity contribution is 5.91. The highest BCUT2D eigenvalue weighted by Crippen LogP contribution is 2.66. The lowest BCUT2D eigenvalue weighted by molar-refractivity contribution is -0.167. The van der Waals surface area contributed by atoms with Crippen LogP contribution < -0.4 is 16.3 Å². The number of terminal acetylenes is 1. The molecule has 12 heteroatoms. The number of nitrogens with one attached hydrogen (secondary N) is 1. The van der Waals surface area contributed by atoms with Crippen molar-refractivity contribution >= 4 is 23.4 Å². The largest absolute Gasteiger partial charge is 0.445 e. The molecular formula is C58H87N5O7. The van der Waals surface area contributed by atoms with Crippen molar-refractivity contribution in [2.45, 2.75) is 200 Å². The molecule has 1 saturated heterocycles. The lowest BCUT2D eigenvalue weighted by atomic mass is 9.50. The molecule has 7 aliphatic carbocycles. The van der Waals surface area contributed by atoms with Crippen molar-refractivity contribution in [3.8, 4) is 12.3 Å². The molecule has 0 amide bonds. The maximum atomic E-state index is 11.8. The molecule has 12 atom stereocenters. The van der Waals surface area contributed by atoms with Gasteiger partial charge in [-0.1, -0.05) is 69.4 Å². The smallest absolute Gasteiger partial charge is 0.304 e. The summed E-state index contributed by atoms with van der Waals surface area (Å²) in [5, 5.41) is 46.9. The van der Waals surface area contributed by atoms with Gasteiger partial charge in [-0.05, 0) is 187 Å². The Morgan fingerprint density at radius 3 is 2.47 bits per heavy atom. The van der Waals surface area contributed by atoms with Crippen molar-refractivity contribution in [1.29, 1.82) is 5.41 Å². The minimum absolute atomic E-state index is 0.111. The summed E-state index contributed by atoms with van der Waals surface area (Å²) in [7, 11) is 0.